The summed E-state index contributed by atoms with van der Waals surface area (Å²) < 4.78 is 1.88. The third-order valence-corrected chi connectivity index (χ3v) is 5.10. The number of fused-ring (bicyclic) bond motifs is 1. The van der Waals surface area contributed by atoms with Gasteiger partial charge < -0.3 is 11.1 Å². The molecule has 0 fully saturated rings. The van der Waals surface area contributed by atoms with E-state index in [1.54, 1.807) is 0 Å². The molecule has 3 aromatic rings. The zero-order valence-corrected chi connectivity index (χ0v) is 14.7. The number of hydrogen-bond acceptors (Lipinski definition) is 4. The predicted octanol–water partition coefficient (Wildman–Crippen LogP) is 4.22. The van der Waals surface area contributed by atoms with Gasteiger partial charge in [0.05, 0.1) is 12.1 Å². The van der Waals surface area contributed by atoms with Crippen LogP contribution < -0.4 is 11.1 Å². The zero-order valence-electron chi connectivity index (χ0n) is 14.0. The summed E-state index contributed by atoms with van der Waals surface area (Å²) in [7, 11) is 0. The van der Waals surface area contributed by atoms with Crippen LogP contribution in [0, 0.1) is 0 Å². The highest BCUT2D eigenvalue weighted by Crippen LogP contribution is 2.39. The number of anilines is 2. The van der Waals surface area contributed by atoms with E-state index in [1.165, 1.54) is 11.1 Å². The van der Waals surface area contributed by atoms with E-state index in [9.17, 15) is 0 Å². The largest absolute Gasteiger partial charge is 0.366 e. The highest BCUT2D eigenvalue weighted by Gasteiger charge is 2.31. The lowest BCUT2D eigenvalue weighted by Gasteiger charge is -2.32. The molecular weight excluding hydrogens is 334 g/mol. The van der Waals surface area contributed by atoms with Crippen molar-refractivity contribution in [2.75, 3.05) is 11.1 Å². The van der Waals surface area contributed by atoms with Gasteiger partial charge in [0.15, 0.2) is 0 Å². The molecule has 2 heterocycles. The van der Waals surface area contributed by atoms with E-state index in [1.807, 2.05) is 28.9 Å². The Labute approximate surface area is 151 Å². The molecule has 0 radical (unpaired) electrons. The topological polar surface area (TPSA) is 68.8 Å². The lowest BCUT2D eigenvalue weighted by molar-refractivity contribution is 0.431. The number of nitrogens with two attached hydrogens (primary N) is 1. The molecule has 0 spiro atoms. The van der Waals surface area contributed by atoms with Gasteiger partial charge in [0.25, 0.3) is 0 Å². The van der Waals surface area contributed by atoms with E-state index in [2.05, 4.69) is 46.6 Å². The smallest absolute Gasteiger partial charge is 0.241 e. The number of aromatic nitrogens is 3. The van der Waals surface area contributed by atoms with Crippen molar-refractivity contribution in [3.8, 4) is 0 Å². The second-order valence-electron chi connectivity index (χ2n) is 6.30. The summed E-state index contributed by atoms with van der Waals surface area (Å²) in [6, 6.07) is 16.7. The number of rotatable bonds is 3. The molecule has 25 heavy (non-hydrogen) atoms. The van der Waals surface area contributed by atoms with Gasteiger partial charge in [-0.15, -0.1) is 5.10 Å². The minimum absolute atomic E-state index is 0.0562. The standard InChI is InChI=1S/C19H20ClN5/c1-2-12-7-9-13(10-8-12)17-11-16(14-5-3-4-6-15(14)20)22-19-23-18(21)24-25(17)19/h3-10,16-17H,2,11H2,1H3,(H3,21,22,23,24). The predicted molar refractivity (Wildman–Crippen MR) is 101 cm³/mol. The molecule has 128 valence electrons. The maximum Gasteiger partial charge on any atom is 0.241 e. The Balaban J connectivity index is 1.75. The molecule has 2 unspecified atom stereocenters. The lowest BCUT2D eigenvalue weighted by atomic mass is 9.93. The van der Waals surface area contributed by atoms with E-state index in [-0.39, 0.29) is 18.0 Å². The fourth-order valence-electron chi connectivity index (χ4n) is 3.41. The zero-order chi connectivity index (χ0) is 17.4. The SMILES string of the molecule is CCc1ccc(C2CC(c3ccccc3Cl)Nc3nc(N)nn32)cc1. The molecule has 0 saturated heterocycles. The van der Waals surface area contributed by atoms with Gasteiger partial charge in [-0.05, 0) is 35.6 Å². The van der Waals surface area contributed by atoms with E-state index < -0.39 is 0 Å². The van der Waals surface area contributed by atoms with Crippen molar-refractivity contribution >= 4 is 23.5 Å². The van der Waals surface area contributed by atoms with Crippen LogP contribution in [0.3, 0.4) is 0 Å². The first kappa shape index (κ1) is 16.0. The number of nitrogens with zero attached hydrogens (tertiary/aromatic N) is 3. The summed E-state index contributed by atoms with van der Waals surface area (Å²) in [6.45, 7) is 2.16. The Hall–Kier alpha value is -2.53. The van der Waals surface area contributed by atoms with Gasteiger partial charge >= 0.3 is 0 Å². The summed E-state index contributed by atoms with van der Waals surface area (Å²) >= 11 is 6.42. The molecule has 1 aliphatic rings. The van der Waals surface area contributed by atoms with Crippen LogP contribution in [0.15, 0.2) is 48.5 Å². The number of aryl methyl sites for hydroxylation is 1. The van der Waals surface area contributed by atoms with Crippen molar-refractivity contribution in [2.24, 2.45) is 0 Å². The summed E-state index contributed by atoms with van der Waals surface area (Å²) in [5.74, 6) is 0.954. The summed E-state index contributed by atoms with van der Waals surface area (Å²) in [6.07, 6.45) is 1.85. The molecule has 2 atom stereocenters. The maximum atomic E-state index is 6.42. The molecule has 5 nitrogen and oxygen atoms in total. The average molecular weight is 354 g/mol. The van der Waals surface area contributed by atoms with Crippen molar-refractivity contribution in [3.05, 3.63) is 70.2 Å². The average Bonchev–Trinajstić information content (AvgIpc) is 3.01. The van der Waals surface area contributed by atoms with E-state index in [0.29, 0.717) is 5.95 Å². The third kappa shape index (κ3) is 2.96. The normalized spacial score (nSPS) is 19.3. The van der Waals surface area contributed by atoms with Gasteiger partial charge in [-0.3, -0.25) is 0 Å². The van der Waals surface area contributed by atoms with Crippen molar-refractivity contribution in [1.29, 1.82) is 0 Å². The highest BCUT2D eigenvalue weighted by molar-refractivity contribution is 6.31. The van der Waals surface area contributed by atoms with Gasteiger partial charge in [0, 0.05) is 5.02 Å². The molecule has 0 amide bonds. The minimum atomic E-state index is 0.0562. The number of nitrogens with one attached hydrogen (secondary N) is 1. The number of halogens is 1. The Morgan fingerprint density at radius 1 is 1.20 bits per heavy atom. The van der Waals surface area contributed by atoms with E-state index >= 15 is 0 Å². The van der Waals surface area contributed by atoms with Crippen LogP contribution in [0.2, 0.25) is 5.02 Å². The van der Waals surface area contributed by atoms with Crippen LogP contribution in [0.4, 0.5) is 11.9 Å². The molecule has 4 rings (SSSR count). The first-order valence-electron chi connectivity index (χ1n) is 8.47. The Kier molecular flexibility index (Phi) is 4.09. The van der Waals surface area contributed by atoms with Crippen molar-refractivity contribution in [2.45, 2.75) is 31.8 Å². The van der Waals surface area contributed by atoms with Crippen molar-refractivity contribution in [1.82, 2.24) is 14.8 Å². The molecular formula is C19H20ClN5. The fraction of sp³-hybridized carbons (Fsp3) is 0.263. The molecule has 1 aliphatic heterocycles. The lowest BCUT2D eigenvalue weighted by Crippen LogP contribution is -2.28. The highest BCUT2D eigenvalue weighted by atomic mass is 35.5. The second-order valence-corrected chi connectivity index (χ2v) is 6.71. The van der Waals surface area contributed by atoms with E-state index in [4.69, 9.17) is 17.3 Å². The van der Waals surface area contributed by atoms with Crippen LogP contribution >= 0.6 is 11.6 Å². The second kappa shape index (κ2) is 6.41. The molecule has 0 bridgehead atoms. The van der Waals surface area contributed by atoms with Crippen LogP contribution in [0.5, 0.6) is 0 Å². The minimum Gasteiger partial charge on any atom is -0.366 e. The quantitative estimate of drug-likeness (QED) is 0.739. The summed E-state index contributed by atoms with van der Waals surface area (Å²) in [4.78, 5) is 4.34. The molecule has 0 aliphatic carbocycles. The number of hydrogen-bond donors (Lipinski definition) is 2. The molecule has 2 aromatic carbocycles. The Bertz CT molecular complexity index is 887. The summed E-state index contributed by atoms with van der Waals surface area (Å²) in [5.41, 5.74) is 9.43. The first-order chi connectivity index (χ1) is 12.2. The van der Waals surface area contributed by atoms with E-state index in [0.717, 1.165) is 23.4 Å². The van der Waals surface area contributed by atoms with Gasteiger partial charge in [-0.2, -0.15) is 4.98 Å². The van der Waals surface area contributed by atoms with Crippen LogP contribution in [0.1, 0.15) is 42.1 Å². The molecule has 1 aromatic heterocycles. The monoisotopic (exact) mass is 353 g/mol. The summed E-state index contributed by atoms with van der Waals surface area (Å²) in [5, 5.41) is 8.56. The van der Waals surface area contributed by atoms with Crippen LogP contribution in [0.25, 0.3) is 0 Å². The van der Waals surface area contributed by atoms with Gasteiger partial charge in [-0.25, -0.2) is 4.68 Å². The van der Waals surface area contributed by atoms with Crippen molar-refractivity contribution in [3.63, 3.8) is 0 Å². The van der Waals surface area contributed by atoms with Gasteiger partial charge in [-0.1, -0.05) is 61.0 Å². The number of nitrogen functional groups attached to an aromatic ring is 1. The Morgan fingerprint density at radius 3 is 2.68 bits per heavy atom. The van der Waals surface area contributed by atoms with Gasteiger partial charge in [0.1, 0.15) is 0 Å². The number of benzene rings is 2. The first-order valence-corrected chi connectivity index (χ1v) is 8.85. The molecule has 0 saturated carbocycles. The van der Waals surface area contributed by atoms with Crippen LogP contribution in [-0.4, -0.2) is 14.8 Å². The van der Waals surface area contributed by atoms with Gasteiger partial charge in [0.2, 0.25) is 11.9 Å². The third-order valence-electron chi connectivity index (χ3n) is 4.76. The maximum absolute atomic E-state index is 6.42. The van der Waals surface area contributed by atoms with Crippen LogP contribution in [-0.2, 0) is 6.42 Å². The molecule has 3 N–H and O–H groups in total. The van der Waals surface area contributed by atoms with Crippen molar-refractivity contribution < 1.29 is 0 Å². The Morgan fingerprint density at radius 2 is 1.96 bits per heavy atom. The fourth-order valence-corrected chi connectivity index (χ4v) is 3.68. The molecule has 6 heteroatoms.